The first kappa shape index (κ1) is 14.6. The minimum atomic E-state index is 0.257. The smallest absolute Gasteiger partial charge is 0.227 e. The van der Waals surface area contributed by atoms with Gasteiger partial charge in [0.15, 0.2) is 0 Å². The molecule has 0 aliphatic heterocycles. The van der Waals surface area contributed by atoms with Gasteiger partial charge in [-0.1, -0.05) is 25.4 Å². The number of hydrogen-bond acceptors (Lipinski definition) is 4. The Morgan fingerprint density at radius 2 is 1.90 bits per heavy atom. The van der Waals surface area contributed by atoms with Gasteiger partial charge in [-0.15, -0.1) is 0 Å². The van der Waals surface area contributed by atoms with E-state index in [4.69, 9.17) is 16.3 Å². The van der Waals surface area contributed by atoms with Gasteiger partial charge in [0.2, 0.25) is 5.88 Å². The summed E-state index contributed by atoms with van der Waals surface area (Å²) in [5, 5.41) is 3.92. The highest BCUT2D eigenvalue weighted by molar-refractivity contribution is 6.30. The number of rotatable bonds is 5. The molecule has 1 N–H and O–H groups in total. The lowest BCUT2D eigenvalue weighted by atomic mass is 10.1. The molecule has 0 aliphatic rings. The molecule has 5 heteroatoms. The molecule has 1 heterocycles. The van der Waals surface area contributed by atoms with Crippen LogP contribution >= 0.6 is 11.6 Å². The zero-order valence-corrected chi connectivity index (χ0v) is 12.6. The summed E-state index contributed by atoms with van der Waals surface area (Å²) in [7, 11) is 0. The Kier molecular flexibility index (Phi) is 4.79. The van der Waals surface area contributed by atoms with E-state index in [1.54, 1.807) is 12.1 Å². The number of benzene rings is 1. The summed E-state index contributed by atoms with van der Waals surface area (Å²) in [6, 6.07) is 7.22. The summed E-state index contributed by atoms with van der Waals surface area (Å²) in [6.45, 7) is 7.02. The van der Waals surface area contributed by atoms with Crippen molar-refractivity contribution < 1.29 is 4.74 Å². The number of ether oxygens (including phenoxy) is 1. The van der Waals surface area contributed by atoms with Crippen molar-refractivity contribution in [2.75, 3.05) is 11.9 Å². The molecular formula is C15H18ClN3O. The van der Waals surface area contributed by atoms with Crippen LogP contribution in [0.2, 0.25) is 5.02 Å². The Balaban J connectivity index is 2.35. The van der Waals surface area contributed by atoms with Gasteiger partial charge in [0.05, 0.1) is 5.56 Å². The lowest BCUT2D eigenvalue weighted by Crippen LogP contribution is -2.07. The van der Waals surface area contributed by atoms with Crippen LogP contribution in [0.3, 0.4) is 0 Å². The Morgan fingerprint density at radius 1 is 1.20 bits per heavy atom. The maximum atomic E-state index is 5.87. The number of nitrogens with one attached hydrogen (secondary N) is 1. The van der Waals surface area contributed by atoms with Gasteiger partial charge in [0, 0.05) is 11.6 Å². The first-order valence-electron chi connectivity index (χ1n) is 6.64. The lowest BCUT2D eigenvalue weighted by Gasteiger charge is -2.16. The Hall–Kier alpha value is -1.81. The second-order valence-corrected chi connectivity index (χ2v) is 5.12. The van der Waals surface area contributed by atoms with Gasteiger partial charge in [-0.25, -0.2) is 9.97 Å². The molecule has 0 aliphatic carbocycles. The molecule has 1 aromatic carbocycles. The number of anilines is 1. The standard InChI is InChI=1S/C15H18ClN3O/c1-4-17-14-13(10(2)3)15(19-9-18-14)20-12-7-5-11(16)6-8-12/h5-10H,4H2,1-3H3,(H,17,18,19). The second-order valence-electron chi connectivity index (χ2n) is 4.68. The molecule has 1 aromatic heterocycles. The van der Waals surface area contributed by atoms with Crippen LogP contribution in [0.15, 0.2) is 30.6 Å². The third-order valence-corrected chi connectivity index (χ3v) is 3.05. The van der Waals surface area contributed by atoms with E-state index in [1.165, 1.54) is 6.33 Å². The van der Waals surface area contributed by atoms with Gasteiger partial charge in [0.1, 0.15) is 17.9 Å². The number of halogens is 1. The fourth-order valence-electron chi connectivity index (χ4n) is 1.90. The van der Waals surface area contributed by atoms with E-state index < -0.39 is 0 Å². The van der Waals surface area contributed by atoms with E-state index in [2.05, 4.69) is 29.1 Å². The van der Waals surface area contributed by atoms with Crippen LogP contribution < -0.4 is 10.1 Å². The summed E-state index contributed by atoms with van der Waals surface area (Å²) < 4.78 is 5.86. The predicted octanol–water partition coefficient (Wildman–Crippen LogP) is 4.48. The molecule has 0 saturated carbocycles. The van der Waals surface area contributed by atoms with Gasteiger partial charge in [-0.3, -0.25) is 0 Å². The minimum absolute atomic E-state index is 0.257. The van der Waals surface area contributed by atoms with Crippen molar-refractivity contribution in [2.24, 2.45) is 0 Å². The first-order chi connectivity index (χ1) is 9.61. The fourth-order valence-corrected chi connectivity index (χ4v) is 2.03. The summed E-state index contributed by atoms with van der Waals surface area (Å²) in [6.07, 6.45) is 1.51. The van der Waals surface area contributed by atoms with Crippen LogP contribution in [0.4, 0.5) is 5.82 Å². The van der Waals surface area contributed by atoms with E-state index in [9.17, 15) is 0 Å². The molecule has 0 unspecified atom stereocenters. The van der Waals surface area contributed by atoms with E-state index in [-0.39, 0.29) is 5.92 Å². The van der Waals surface area contributed by atoms with Gasteiger partial charge >= 0.3 is 0 Å². The van der Waals surface area contributed by atoms with Crippen LogP contribution in [0, 0.1) is 0 Å². The molecule has 106 valence electrons. The minimum Gasteiger partial charge on any atom is -0.439 e. The van der Waals surface area contributed by atoms with Crippen LogP contribution in [0.5, 0.6) is 11.6 Å². The normalized spacial score (nSPS) is 10.7. The molecule has 0 radical (unpaired) electrons. The van der Waals surface area contributed by atoms with Crippen LogP contribution in [-0.2, 0) is 0 Å². The van der Waals surface area contributed by atoms with E-state index in [0.717, 1.165) is 17.9 Å². The zero-order chi connectivity index (χ0) is 14.5. The van der Waals surface area contributed by atoms with Crippen LogP contribution in [0.25, 0.3) is 0 Å². The highest BCUT2D eigenvalue weighted by Gasteiger charge is 2.16. The van der Waals surface area contributed by atoms with Crippen molar-refractivity contribution in [3.63, 3.8) is 0 Å². The zero-order valence-electron chi connectivity index (χ0n) is 11.9. The number of hydrogen-bond donors (Lipinski definition) is 1. The van der Waals surface area contributed by atoms with E-state index in [1.807, 2.05) is 19.1 Å². The molecule has 2 aromatic rings. The molecule has 0 bridgehead atoms. The second kappa shape index (κ2) is 6.57. The Bertz CT molecular complexity index is 570. The van der Waals surface area contributed by atoms with Crippen LogP contribution in [0.1, 0.15) is 32.3 Å². The highest BCUT2D eigenvalue weighted by Crippen LogP contribution is 2.33. The summed E-state index contributed by atoms with van der Waals surface area (Å²) in [4.78, 5) is 8.54. The van der Waals surface area contributed by atoms with Gasteiger partial charge in [0.25, 0.3) is 0 Å². The fraction of sp³-hybridized carbons (Fsp3) is 0.333. The molecule has 20 heavy (non-hydrogen) atoms. The average Bonchev–Trinajstić information content (AvgIpc) is 2.41. The summed E-state index contributed by atoms with van der Waals surface area (Å²) in [5.74, 6) is 2.36. The van der Waals surface area contributed by atoms with Crippen molar-refractivity contribution in [1.82, 2.24) is 9.97 Å². The third kappa shape index (κ3) is 3.39. The third-order valence-electron chi connectivity index (χ3n) is 2.80. The van der Waals surface area contributed by atoms with Gasteiger partial charge in [-0.05, 0) is 37.1 Å². The molecule has 0 amide bonds. The highest BCUT2D eigenvalue weighted by atomic mass is 35.5. The van der Waals surface area contributed by atoms with E-state index >= 15 is 0 Å². The summed E-state index contributed by atoms with van der Waals surface area (Å²) in [5.41, 5.74) is 0.976. The number of aromatic nitrogens is 2. The van der Waals surface area contributed by atoms with Crippen molar-refractivity contribution >= 4 is 17.4 Å². The van der Waals surface area contributed by atoms with Gasteiger partial charge < -0.3 is 10.1 Å². The maximum Gasteiger partial charge on any atom is 0.227 e. The van der Waals surface area contributed by atoms with Crippen molar-refractivity contribution in [3.05, 3.63) is 41.2 Å². The van der Waals surface area contributed by atoms with Gasteiger partial charge in [-0.2, -0.15) is 0 Å². The SMILES string of the molecule is CCNc1ncnc(Oc2ccc(Cl)cc2)c1C(C)C. The molecule has 2 rings (SSSR count). The summed E-state index contributed by atoms with van der Waals surface area (Å²) >= 11 is 5.87. The lowest BCUT2D eigenvalue weighted by molar-refractivity contribution is 0.452. The molecule has 0 fully saturated rings. The quantitative estimate of drug-likeness (QED) is 0.882. The van der Waals surface area contributed by atoms with E-state index in [0.29, 0.717) is 16.7 Å². The van der Waals surface area contributed by atoms with Crippen molar-refractivity contribution in [3.8, 4) is 11.6 Å². The monoisotopic (exact) mass is 291 g/mol. The largest absolute Gasteiger partial charge is 0.439 e. The van der Waals surface area contributed by atoms with Crippen molar-refractivity contribution in [2.45, 2.75) is 26.7 Å². The first-order valence-corrected chi connectivity index (χ1v) is 7.01. The topological polar surface area (TPSA) is 47.0 Å². The average molecular weight is 292 g/mol. The number of nitrogens with zero attached hydrogens (tertiary/aromatic N) is 2. The molecular weight excluding hydrogens is 274 g/mol. The predicted molar refractivity (Wildman–Crippen MR) is 81.8 cm³/mol. The Labute approximate surface area is 124 Å². The molecule has 0 atom stereocenters. The Morgan fingerprint density at radius 3 is 2.50 bits per heavy atom. The molecule has 0 saturated heterocycles. The maximum absolute atomic E-state index is 5.87. The molecule has 0 spiro atoms. The van der Waals surface area contributed by atoms with Crippen molar-refractivity contribution in [1.29, 1.82) is 0 Å². The molecule has 4 nitrogen and oxygen atoms in total. The van der Waals surface area contributed by atoms with Crippen LogP contribution in [-0.4, -0.2) is 16.5 Å².